The molecule has 0 aliphatic carbocycles. The summed E-state index contributed by atoms with van der Waals surface area (Å²) in [4.78, 5) is 11.5. The van der Waals surface area contributed by atoms with E-state index in [0.717, 1.165) is 0 Å². The summed E-state index contributed by atoms with van der Waals surface area (Å²) in [5, 5.41) is 11.0. The fourth-order valence-electron chi connectivity index (χ4n) is 1.21. The molecule has 16 heavy (non-hydrogen) atoms. The molecule has 2 N–H and O–H groups in total. The first-order valence-electron chi connectivity index (χ1n) is 5.00. The van der Waals surface area contributed by atoms with Crippen molar-refractivity contribution in [3.05, 3.63) is 34.6 Å². The van der Waals surface area contributed by atoms with E-state index in [0.29, 0.717) is 19.4 Å². The highest BCUT2D eigenvalue weighted by atomic mass is 35.5. The largest absolute Gasteiger partial charge is 0.396 e. The summed E-state index contributed by atoms with van der Waals surface area (Å²) < 4.78 is 13.4. The molecule has 0 spiro atoms. The van der Waals surface area contributed by atoms with Gasteiger partial charge in [0.25, 0.3) is 5.91 Å². The third-order valence-corrected chi connectivity index (χ3v) is 2.36. The molecule has 0 bridgehead atoms. The lowest BCUT2D eigenvalue weighted by Crippen LogP contribution is -2.25. The van der Waals surface area contributed by atoms with Crippen LogP contribution in [-0.4, -0.2) is 24.2 Å². The molecule has 0 aliphatic rings. The van der Waals surface area contributed by atoms with Crippen LogP contribution in [0.3, 0.4) is 0 Å². The number of unbranched alkanes of at least 4 members (excludes halogenated alkanes) is 1. The lowest BCUT2D eigenvalue weighted by molar-refractivity contribution is 0.0948. The molecule has 0 atom stereocenters. The van der Waals surface area contributed by atoms with Gasteiger partial charge in [0.1, 0.15) is 0 Å². The number of rotatable bonds is 5. The van der Waals surface area contributed by atoms with Crippen LogP contribution in [0, 0.1) is 5.82 Å². The monoisotopic (exact) mass is 245 g/mol. The van der Waals surface area contributed by atoms with E-state index >= 15 is 0 Å². The fourth-order valence-corrected chi connectivity index (χ4v) is 1.39. The third-order valence-electron chi connectivity index (χ3n) is 2.07. The Hall–Kier alpha value is -1.13. The standard InChI is InChI=1S/C11H13ClFNO2/c12-9-5-3-4-8(10(9)13)11(16)14-6-1-2-7-15/h3-5,15H,1-2,6-7H2,(H,14,16). The molecule has 5 heteroatoms. The van der Waals surface area contributed by atoms with Crippen LogP contribution in [-0.2, 0) is 0 Å². The maximum atomic E-state index is 13.4. The van der Waals surface area contributed by atoms with Crippen LogP contribution >= 0.6 is 11.6 Å². The lowest BCUT2D eigenvalue weighted by atomic mass is 10.2. The van der Waals surface area contributed by atoms with E-state index in [9.17, 15) is 9.18 Å². The highest BCUT2D eigenvalue weighted by Gasteiger charge is 2.12. The summed E-state index contributed by atoms with van der Waals surface area (Å²) in [6.45, 7) is 0.493. The summed E-state index contributed by atoms with van der Waals surface area (Å²) in [5.74, 6) is -1.19. The number of halogens is 2. The Morgan fingerprint density at radius 2 is 2.19 bits per heavy atom. The van der Waals surface area contributed by atoms with Crippen molar-refractivity contribution in [3.63, 3.8) is 0 Å². The van der Waals surface area contributed by atoms with Crippen molar-refractivity contribution in [2.45, 2.75) is 12.8 Å². The zero-order valence-electron chi connectivity index (χ0n) is 8.67. The summed E-state index contributed by atoms with van der Waals surface area (Å²) >= 11 is 5.55. The van der Waals surface area contributed by atoms with Crippen LogP contribution in [0.25, 0.3) is 0 Å². The minimum Gasteiger partial charge on any atom is -0.396 e. The molecule has 1 aromatic carbocycles. The number of aliphatic hydroxyl groups is 1. The topological polar surface area (TPSA) is 49.3 Å². The molecule has 0 fully saturated rings. The van der Waals surface area contributed by atoms with Crippen molar-refractivity contribution in [2.75, 3.05) is 13.2 Å². The van der Waals surface area contributed by atoms with Gasteiger partial charge in [-0.25, -0.2) is 4.39 Å². The first-order valence-corrected chi connectivity index (χ1v) is 5.37. The van der Waals surface area contributed by atoms with Crippen molar-refractivity contribution in [2.24, 2.45) is 0 Å². The molecule has 1 rings (SSSR count). The van der Waals surface area contributed by atoms with Gasteiger partial charge in [0, 0.05) is 13.2 Å². The second-order valence-electron chi connectivity index (χ2n) is 3.29. The molecular formula is C11H13ClFNO2. The lowest BCUT2D eigenvalue weighted by Gasteiger charge is -2.06. The Balaban J connectivity index is 2.56. The Kier molecular flexibility index (Phi) is 5.22. The second kappa shape index (κ2) is 6.45. The molecule has 0 aromatic heterocycles. The number of hydrogen-bond acceptors (Lipinski definition) is 2. The number of hydrogen-bond donors (Lipinski definition) is 2. The predicted octanol–water partition coefficient (Wildman–Crippen LogP) is 1.98. The molecule has 88 valence electrons. The summed E-state index contributed by atoms with van der Waals surface area (Å²) in [7, 11) is 0. The number of aliphatic hydroxyl groups excluding tert-OH is 1. The van der Waals surface area contributed by atoms with E-state index < -0.39 is 11.7 Å². The predicted molar refractivity (Wildman–Crippen MR) is 60.1 cm³/mol. The van der Waals surface area contributed by atoms with Crippen molar-refractivity contribution in [1.82, 2.24) is 5.32 Å². The van der Waals surface area contributed by atoms with Crippen molar-refractivity contribution >= 4 is 17.5 Å². The SMILES string of the molecule is O=C(NCCCCO)c1cccc(Cl)c1F. The normalized spacial score (nSPS) is 10.2. The summed E-state index contributed by atoms with van der Waals surface area (Å²) in [5.41, 5.74) is -0.0588. The van der Waals surface area contributed by atoms with Gasteiger partial charge in [-0.1, -0.05) is 17.7 Å². The van der Waals surface area contributed by atoms with E-state index in [2.05, 4.69) is 5.32 Å². The highest BCUT2D eigenvalue weighted by Crippen LogP contribution is 2.17. The van der Waals surface area contributed by atoms with Crippen LogP contribution < -0.4 is 5.32 Å². The molecule has 1 aromatic rings. The van der Waals surface area contributed by atoms with Gasteiger partial charge < -0.3 is 10.4 Å². The quantitative estimate of drug-likeness (QED) is 0.780. The number of benzene rings is 1. The van der Waals surface area contributed by atoms with Gasteiger partial charge >= 0.3 is 0 Å². The van der Waals surface area contributed by atoms with E-state index in [-0.39, 0.29) is 17.2 Å². The molecule has 0 heterocycles. The minimum absolute atomic E-state index is 0.0588. The van der Waals surface area contributed by atoms with E-state index in [1.54, 1.807) is 0 Å². The van der Waals surface area contributed by atoms with Crippen molar-refractivity contribution in [1.29, 1.82) is 0 Å². The Morgan fingerprint density at radius 1 is 1.44 bits per heavy atom. The Bertz CT molecular complexity index is 371. The van der Waals surface area contributed by atoms with Gasteiger partial charge in [-0.15, -0.1) is 0 Å². The highest BCUT2D eigenvalue weighted by molar-refractivity contribution is 6.31. The molecule has 0 aliphatic heterocycles. The minimum atomic E-state index is -0.705. The average molecular weight is 246 g/mol. The fraction of sp³-hybridized carbons (Fsp3) is 0.364. The summed E-state index contributed by atoms with van der Waals surface area (Å²) in [6.07, 6.45) is 1.27. The molecule has 3 nitrogen and oxygen atoms in total. The Morgan fingerprint density at radius 3 is 2.88 bits per heavy atom. The molecular weight excluding hydrogens is 233 g/mol. The number of amides is 1. The summed E-state index contributed by atoms with van der Waals surface area (Å²) in [6, 6.07) is 4.29. The van der Waals surface area contributed by atoms with Gasteiger partial charge in [-0.2, -0.15) is 0 Å². The molecule has 0 radical (unpaired) electrons. The van der Waals surface area contributed by atoms with Gasteiger partial charge in [-0.3, -0.25) is 4.79 Å². The van der Waals surface area contributed by atoms with E-state index in [4.69, 9.17) is 16.7 Å². The van der Waals surface area contributed by atoms with Crippen LogP contribution in [0.4, 0.5) is 4.39 Å². The molecule has 0 saturated carbocycles. The van der Waals surface area contributed by atoms with Gasteiger partial charge in [0.15, 0.2) is 5.82 Å². The first-order chi connectivity index (χ1) is 7.66. The van der Waals surface area contributed by atoms with E-state index in [1.807, 2.05) is 0 Å². The molecule has 0 saturated heterocycles. The second-order valence-corrected chi connectivity index (χ2v) is 3.70. The van der Waals surface area contributed by atoms with Crippen LogP contribution in [0.1, 0.15) is 23.2 Å². The number of nitrogens with one attached hydrogen (secondary N) is 1. The zero-order valence-corrected chi connectivity index (χ0v) is 9.43. The van der Waals surface area contributed by atoms with Crippen molar-refractivity contribution < 1.29 is 14.3 Å². The maximum absolute atomic E-state index is 13.4. The molecule has 1 amide bonds. The maximum Gasteiger partial charge on any atom is 0.254 e. The number of carbonyl (C=O) groups excluding carboxylic acids is 1. The van der Waals surface area contributed by atoms with Gasteiger partial charge in [-0.05, 0) is 25.0 Å². The third kappa shape index (κ3) is 3.47. The van der Waals surface area contributed by atoms with Gasteiger partial charge in [0.05, 0.1) is 10.6 Å². The first kappa shape index (κ1) is 12.9. The molecule has 0 unspecified atom stereocenters. The van der Waals surface area contributed by atoms with Crippen LogP contribution in [0.15, 0.2) is 18.2 Å². The van der Waals surface area contributed by atoms with Gasteiger partial charge in [0.2, 0.25) is 0 Å². The average Bonchev–Trinajstić information content (AvgIpc) is 2.28. The zero-order chi connectivity index (χ0) is 12.0. The van der Waals surface area contributed by atoms with Crippen molar-refractivity contribution in [3.8, 4) is 0 Å². The van der Waals surface area contributed by atoms with Crippen LogP contribution in [0.2, 0.25) is 5.02 Å². The van der Waals surface area contributed by atoms with Crippen LogP contribution in [0.5, 0.6) is 0 Å². The number of carbonyl (C=O) groups is 1. The smallest absolute Gasteiger partial charge is 0.254 e. The van der Waals surface area contributed by atoms with E-state index in [1.165, 1.54) is 18.2 Å². The Labute approximate surface area is 98.2 Å².